The van der Waals surface area contributed by atoms with Crippen LogP contribution in [0, 0.1) is 0 Å². The maximum absolute atomic E-state index is 12.1. The van der Waals surface area contributed by atoms with Gasteiger partial charge in [-0.05, 0) is 35.1 Å². The van der Waals surface area contributed by atoms with Gasteiger partial charge in [0, 0.05) is 38.3 Å². The molecule has 35 heavy (non-hydrogen) atoms. The number of nitrogens with one attached hydrogen (secondary N) is 1. The van der Waals surface area contributed by atoms with Crippen molar-refractivity contribution < 1.29 is 33.5 Å². The summed E-state index contributed by atoms with van der Waals surface area (Å²) in [6.45, 7) is 1.27. The molecule has 9 nitrogen and oxygen atoms in total. The van der Waals surface area contributed by atoms with E-state index in [1.54, 1.807) is 0 Å². The lowest BCUT2D eigenvalue weighted by molar-refractivity contribution is -0.197. The summed E-state index contributed by atoms with van der Waals surface area (Å²) in [6, 6.07) is 16.3. The molecule has 1 heterocycles. The van der Waals surface area contributed by atoms with Crippen LogP contribution in [0.4, 0.5) is 4.79 Å². The fourth-order valence-corrected chi connectivity index (χ4v) is 4.26. The van der Waals surface area contributed by atoms with Crippen LogP contribution in [0.2, 0.25) is 0 Å². The maximum atomic E-state index is 12.1. The topological polar surface area (TPSA) is 111 Å². The van der Waals surface area contributed by atoms with Crippen molar-refractivity contribution >= 4 is 23.9 Å². The van der Waals surface area contributed by atoms with Crippen molar-refractivity contribution in [1.82, 2.24) is 10.4 Å². The van der Waals surface area contributed by atoms with E-state index in [1.807, 2.05) is 24.3 Å². The Balaban J connectivity index is 1.07. The molecule has 1 saturated heterocycles. The molecule has 0 atom stereocenters. The number of hydrogen-bond acceptors (Lipinski definition) is 7. The van der Waals surface area contributed by atoms with Gasteiger partial charge in [0.05, 0.1) is 6.61 Å². The molecule has 0 aromatic heterocycles. The predicted molar refractivity (Wildman–Crippen MR) is 125 cm³/mol. The number of ether oxygens (including phenoxy) is 2. The standard InChI is InChI=1S/C26H28N2O7/c29-23-12-13-24(30)28(23)35-25(31)11-5-6-15-33-16-14-27-26(32)34-17-22-20-9-3-1-7-18(20)19-8-2-4-10-21(19)22/h1-4,7-10,22H,5-6,11-17H2,(H,27,32). The number of nitrogens with zero attached hydrogens (tertiary/aromatic N) is 1. The molecule has 2 aliphatic rings. The van der Waals surface area contributed by atoms with E-state index in [0.29, 0.717) is 37.7 Å². The van der Waals surface area contributed by atoms with E-state index in [1.165, 1.54) is 11.1 Å². The minimum atomic E-state index is -0.620. The molecular weight excluding hydrogens is 452 g/mol. The van der Waals surface area contributed by atoms with Crippen molar-refractivity contribution in [3.8, 4) is 11.1 Å². The first-order chi connectivity index (χ1) is 17.0. The molecule has 9 heteroatoms. The fraction of sp³-hybridized carbons (Fsp3) is 0.385. The zero-order valence-electron chi connectivity index (χ0n) is 19.4. The van der Waals surface area contributed by atoms with E-state index in [0.717, 1.165) is 11.1 Å². The number of hydrogen-bond donors (Lipinski definition) is 1. The second-order valence-corrected chi connectivity index (χ2v) is 8.37. The zero-order chi connectivity index (χ0) is 24.6. The Bertz CT molecular complexity index is 1040. The molecular formula is C26H28N2O7. The molecule has 2 aromatic carbocycles. The quantitative estimate of drug-likeness (QED) is 0.388. The smallest absolute Gasteiger partial charge is 0.407 e. The van der Waals surface area contributed by atoms with Crippen LogP contribution in [0.1, 0.15) is 49.1 Å². The summed E-state index contributed by atoms with van der Waals surface area (Å²) in [4.78, 5) is 51.5. The number of hydroxylamine groups is 2. The van der Waals surface area contributed by atoms with E-state index in [-0.39, 0.29) is 31.8 Å². The summed E-state index contributed by atoms with van der Waals surface area (Å²) in [6.07, 6.45) is 0.827. The zero-order valence-corrected chi connectivity index (χ0v) is 19.4. The summed E-state index contributed by atoms with van der Waals surface area (Å²) >= 11 is 0. The van der Waals surface area contributed by atoms with Crippen LogP contribution in [0.15, 0.2) is 48.5 Å². The monoisotopic (exact) mass is 480 g/mol. The average molecular weight is 481 g/mol. The van der Waals surface area contributed by atoms with Gasteiger partial charge in [-0.1, -0.05) is 48.5 Å². The first-order valence-corrected chi connectivity index (χ1v) is 11.8. The third-order valence-corrected chi connectivity index (χ3v) is 5.98. The Hall–Kier alpha value is -3.72. The number of carbonyl (C=O) groups is 4. The molecule has 1 N–H and O–H groups in total. The van der Waals surface area contributed by atoms with Crippen molar-refractivity contribution in [2.45, 2.75) is 38.0 Å². The summed E-state index contributed by atoms with van der Waals surface area (Å²) in [5.74, 6) is -1.59. The molecule has 0 bridgehead atoms. The maximum Gasteiger partial charge on any atom is 0.407 e. The van der Waals surface area contributed by atoms with Crippen LogP contribution < -0.4 is 5.32 Å². The molecule has 1 aliphatic carbocycles. The third kappa shape index (κ3) is 6.05. The van der Waals surface area contributed by atoms with Crippen LogP contribution in [0.3, 0.4) is 0 Å². The first kappa shape index (κ1) is 24.4. The van der Waals surface area contributed by atoms with Gasteiger partial charge in [-0.15, -0.1) is 5.06 Å². The molecule has 1 fully saturated rings. The molecule has 4 rings (SSSR count). The van der Waals surface area contributed by atoms with Crippen LogP contribution >= 0.6 is 0 Å². The van der Waals surface area contributed by atoms with Gasteiger partial charge in [-0.25, -0.2) is 9.59 Å². The van der Waals surface area contributed by atoms with Gasteiger partial charge in [0.15, 0.2) is 0 Å². The van der Waals surface area contributed by atoms with Crippen LogP contribution in [0.5, 0.6) is 0 Å². The highest BCUT2D eigenvalue weighted by Crippen LogP contribution is 2.44. The number of carbonyl (C=O) groups excluding carboxylic acids is 4. The molecule has 1 aliphatic heterocycles. The molecule has 0 unspecified atom stereocenters. The number of benzene rings is 2. The van der Waals surface area contributed by atoms with E-state index >= 15 is 0 Å². The summed E-state index contributed by atoms with van der Waals surface area (Å²) in [5, 5.41) is 3.23. The molecule has 184 valence electrons. The van der Waals surface area contributed by atoms with E-state index < -0.39 is 23.9 Å². The number of fused-ring (bicyclic) bond motifs is 3. The number of rotatable bonds is 11. The van der Waals surface area contributed by atoms with Gasteiger partial charge in [0.1, 0.15) is 6.61 Å². The highest BCUT2D eigenvalue weighted by atomic mass is 16.7. The molecule has 0 radical (unpaired) electrons. The van der Waals surface area contributed by atoms with E-state index in [2.05, 4.69) is 29.6 Å². The minimum absolute atomic E-state index is 0.0119. The SMILES string of the molecule is O=C(CCCCOCCNC(=O)OCC1c2ccccc2-c2ccccc21)ON1C(=O)CCC1=O. The lowest BCUT2D eigenvalue weighted by atomic mass is 9.98. The second-order valence-electron chi connectivity index (χ2n) is 8.37. The number of alkyl carbamates (subject to hydrolysis) is 1. The van der Waals surface area contributed by atoms with Gasteiger partial charge in [0.2, 0.25) is 0 Å². The molecule has 2 aromatic rings. The molecule has 0 saturated carbocycles. The normalized spacial score (nSPS) is 14.6. The van der Waals surface area contributed by atoms with Crippen molar-refractivity contribution in [2.24, 2.45) is 0 Å². The largest absolute Gasteiger partial charge is 0.449 e. The lowest BCUT2D eigenvalue weighted by Crippen LogP contribution is -2.32. The predicted octanol–water partition coefficient (Wildman–Crippen LogP) is 3.32. The highest BCUT2D eigenvalue weighted by molar-refractivity contribution is 6.01. The Morgan fingerprint density at radius 2 is 1.51 bits per heavy atom. The van der Waals surface area contributed by atoms with Gasteiger partial charge in [-0.2, -0.15) is 0 Å². The van der Waals surface area contributed by atoms with Gasteiger partial charge < -0.3 is 19.6 Å². The van der Waals surface area contributed by atoms with Crippen LogP contribution in [-0.2, 0) is 28.7 Å². The Kier molecular flexibility index (Phi) is 8.10. The Morgan fingerprint density at radius 3 is 2.17 bits per heavy atom. The fourth-order valence-electron chi connectivity index (χ4n) is 4.26. The van der Waals surface area contributed by atoms with Gasteiger partial charge >= 0.3 is 12.1 Å². The number of imide groups is 1. The van der Waals surface area contributed by atoms with Crippen LogP contribution in [-0.4, -0.2) is 55.3 Å². The van der Waals surface area contributed by atoms with Crippen LogP contribution in [0.25, 0.3) is 11.1 Å². The van der Waals surface area contributed by atoms with Crippen molar-refractivity contribution in [3.63, 3.8) is 0 Å². The third-order valence-electron chi connectivity index (χ3n) is 5.98. The van der Waals surface area contributed by atoms with Crippen molar-refractivity contribution in [1.29, 1.82) is 0 Å². The average Bonchev–Trinajstić information content (AvgIpc) is 3.36. The number of unbranched alkanes of at least 4 members (excludes halogenated alkanes) is 1. The summed E-state index contributed by atoms with van der Waals surface area (Å²) < 4.78 is 10.9. The summed E-state index contributed by atoms with van der Waals surface area (Å²) in [5.41, 5.74) is 4.67. The highest BCUT2D eigenvalue weighted by Gasteiger charge is 2.32. The second kappa shape index (κ2) is 11.6. The Labute approximate surface area is 203 Å². The lowest BCUT2D eigenvalue weighted by Gasteiger charge is -2.14. The minimum Gasteiger partial charge on any atom is -0.449 e. The van der Waals surface area contributed by atoms with E-state index in [4.69, 9.17) is 14.3 Å². The van der Waals surface area contributed by atoms with E-state index in [9.17, 15) is 19.2 Å². The number of amides is 3. The molecule has 0 spiro atoms. The first-order valence-electron chi connectivity index (χ1n) is 11.8. The van der Waals surface area contributed by atoms with Crippen molar-refractivity contribution in [3.05, 3.63) is 59.7 Å². The summed E-state index contributed by atoms with van der Waals surface area (Å²) in [7, 11) is 0. The van der Waals surface area contributed by atoms with Gasteiger partial charge in [-0.3, -0.25) is 9.59 Å². The Morgan fingerprint density at radius 1 is 0.886 bits per heavy atom. The molecule has 3 amide bonds. The van der Waals surface area contributed by atoms with Gasteiger partial charge in [0.25, 0.3) is 11.8 Å². The van der Waals surface area contributed by atoms with Crippen molar-refractivity contribution in [2.75, 3.05) is 26.4 Å².